The van der Waals surface area contributed by atoms with Gasteiger partial charge in [0.25, 0.3) is 0 Å². The summed E-state index contributed by atoms with van der Waals surface area (Å²) in [5, 5.41) is 8.87. The molecule has 1 aromatic carbocycles. The molecule has 0 aliphatic carbocycles. The van der Waals surface area contributed by atoms with E-state index in [9.17, 15) is 9.59 Å². The second-order valence-electron chi connectivity index (χ2n) is 4.21. The normalized spacial score (nSPS) is 22.1. The summed E-state index contributed by atoms with van der Waals surface area (Å²) < 4.78 is 5.02. The van der Waals surface area contributed by atoms with Gasteiger partial charge in [0.2, 0.25) is 0 Å². The van der Waals surface area contributed by atoms with E-state index in [2.05, 4.69) is 0 Å². The van der Waals surface area contributed by atoms with Gasteiger partial charge in [0.15, 0.2) is 5.54 Å². The maximum atomic E-state index is 11.5. The number of hydrogen-bond acceptors (Lipinski definition) is 3. The molecule has 5 nitrogen and oxygen atoms in total. The van der Waals surface area contributed by atoms with Gasteiger partial charge < -0.3 is 9.84 Å². The first-order valence-corrected chi connectivity index (χ1v) is 5.26. The highest BCUT2D eigenvalue weighted by molar-refractivity contribution is 5.89. The molecule has 1 aliphatic heterocycles. The van der Waals surface area contributed by atoms with Crippen molar-refractivity contribution in [3.8, 4) is 0 Å². The van der Waals surface area contributed by atoms with Crippen molar-refractivity contribution in [1.82, 2.24) is 4.90 Å². The Kier molecular flexibility index (Phi) is 2.75. The maximum Gasteiger partial charge on any atom is 0.411 e. The van der Waals surface area contributed by atoms with Crippen LogP contribution in [0.2, 0.25) is 0 Å². The molecule has 0 saturated carbocycles. The summed E-state index contributed by atoms with van der Waals surface area (Å²) in [7, 11) is 0. The van der Waals surface area contributed by atoms with Gasteiger partial charge in [-0.3, -0.25) is 4.90 Å². The molecule has 1 amide bonds. The molecule has 0 aromatic heterocycles. The zero-order chi connectivity index (χ0) is 12.5. The summed E-state index contributed by atoms with van der Waals surface area (Å²) in [5.74, 6) is -1.01. The number of nitrogens with zero attached hydrogens (tertiary/aromatic N) is 1. The number of carboxylic acids is 1. The molecular formula is C12H13NO4. The van der Waals surface area contributed by atoms with Crippen molar-refractivity contribution in [3.63, 3.8) is 0 Å². The van der Waals surface area contributed by atoms with Crippen LogP contribution in [-0.4, -0.2) is 34.2 Å². The average molecular weight is 235 g/mol. The van der Waals surface area contributed by atoms with Crippen molar-refractivity contribution >= 4 is 12.1 Å². The third-order valence-electron chi connectivity index (χ3n) is 2.84. The number of carbonyl (C=O) groups excluding carboxylic acids is 1. The number of rotatable bonds is 3. The molecule has 17 heavy (non-hydrogen) atoms. The topological polar surface area (TPSA) is 66.6 Å². The van der Waals surface area contributed by atoms with Crippen LogP contribution in [0.1, 0.15) is 12.5 Å². The average Bonchev–Trinajstić information content (AvgIpc) is 3.02. The number of ether oxygens (including phenoxy) is 1. The molecule has 1 aromatic rings. The first-order valence-electron chi connectivity index (χ1n) is 5.26. The Labute approximate surface area is 98.6 Å². The quantitative estimate of drug-likeness (QED) is 0.806. The minimum Gasteiger partial charge on any atom is -0.479 e. The third-order valence-corrected chi connectivity index (χ3v) is 2.84. The van der Waals surface area contributed by atoms with Gasteiger partial charge in [-0.25, -0.2) is 9.59 Å². The lowest BCUT2D eigenvalue weighted by molar-refractivity contribution is -0.140. The summed E-state index contributed by atoms with van der Waals surface area (Å²) in [6.45, 7) is 1.86. The number of aliphatic carboxylic acids is 1. The third kappa shape index (κ3) is 2.22. The monoisotopic (exact) mass is 235 g/mol. The number of benzene rings is 1. The highest BCUT2D eigenvalue weighted by Gasteiger charge is 2.58. The van der Waals surface area contributed by atoms with E-state index >= 15 is 0 Å². The summed E-state index contributed by atoms with van der Waals surface area (Å²) in [5.41, 5.74) is -0.215. The van der Waals surface area contributed by atoms with E-state index < -0.39 is 17.6 Å². The van der Waals surface area contributed by atoms with Crippen LogP contribution in [0.25, 0.3) is 0 Å². The van der Waals surface area contributed by atoms with Crippen molar-refractivity contribution in [2.24, 2.45) is 0 Å². The van der Waals surface area contributed by atoms with E-state index in [1.54, 1.807) is 0 Å². The van der Waals surface area contributed by atoms with Crippen LogP contribution in [-0.2, 0) is 16.1 Å². The van der Waals surface area contributed by atoms with E-state index in [-0.39, 0.29) is 13.2 Å². The van der Waals surface area contributed by atoms with Gasteiger partial charge in [-0.2, -0.15) is 0 Å². The lowest BCUT2D eigenvalue weighted by Crippen LogP contribution is -2.29. The Balaban J connectivity index is 1.86. The van der Waals surface area contributed by atoms with Gasteiger partial charge in [-0.15, -0.1) is 0 Å². The van der Waals surface area contributed by atoms with Gasteiger partial charge in [-0.05, 0) is 12.5 Å². The van der Waals surface area contributed by atoms with Crippen LogP contribution in [0.4, 0.5) is 4.79 Å². The Bertz CT molecular complexity index is 445. The van der Waals surface area contributed by atoms with E-state index in [0.717, 1.165) is 5.56 Å². The Hall–Kier alpha value is -2.04. The molecule has 2 rings (SSSR count). The first-order chi connectivity index (χ1) is 8.04. The number of amides is 1. The van der Waals surface area contributed by atoms with Gasteiger partial charge in [0.05, 0.1) is 6.54 Å². The van der Waals surface area contributed by atoms with Crippen LogP contribution in [0.15, 0.2) is 30.3 Å². The van der Waals surface area contributed by atoms with Gasteiger partial charge >= 0.3 is 12.1 Å². The zero-order valence-corrected chi connectivity index (χ0v) is 9.42. The fourth-order valence-corrected chi connectivity index (χ4v) is 1.52. The lowest BCUT2D eigenvalue weighted by Gasteiger charge is -2.08. The number of carboxylic acid groups (broad SMARTS) is 1. The Morgan fingerprint density at radius 3 is 2.59 bits per heavy atom. The van der Waals surface area contributed by atoms with E-state index in [0.29, 0.717) is 0 Å². The maximum absolute atomic E-state index is 11.5. The molecule has 1 heterocycles. The summed E-state index contributed by atoms with van der Waals surface area (Å²) in [6, 6.07) is 9.25. The minimum absolute atomic E-state index is 0.159. The molecule has 1 saturated heterocycles. The molecule has 1 N–H and O–H groups in total. The van der Waals surface area contributed by atoms with E-state index in [1.807, 2.05) is 30.3 Å². The minimum atomic E-state index is -1.09. The van der Waals surface area contributed by atoms with Crippen molar-refractivity contribution in [3.05, 3.63) is 35.9 Å². The molecule has 5 heteroatoms. The smallest absolute Gasteiger partial charge is 0.411 e. The predicted octanol–water partition coefficient (Wildman–Crippen LogP) is 1.48. The van der Waals surface area contributed by atoms with Crippen molar-refractivity contribution < 1.29 is 19.4 Å². The van der Waals surface area contributed by atoms with Crippen molar-refractivity contribution in [2.75, 3.05) is 6.54 Å². The Morgan fingerprint density at radius 1 is 1.41 bits per heavy atom. The second-order valence-corrected chi connectivity index (χ2v) is 4.21. The molecule has 1 fully saturated rings. The van der Waals surface area contributed by atoms with Crippen LogP contribution >= 0.6 is 0 Å². The molecule has 0 spiro atoms. The zero-order valence-electron chi connectivity index (χ0n) is 9.42. The molecule has 0 radical (unpaired) electrons. The fourth-order valence-electron chi connectivity index (χ4n) is 1.52. The van der Waals surface area contributed by atoms with E-state index in [4.69, 9.17) is 9.84 Å². The van der Waals surface area contributed by atoms with Gasteiger partial charge in [-0.1, -0.05) is 30.3 Å². The van der Waals surface area contributed by atoms with Crippen molar-refractivity contribution in [2.45, 2.75) is 19.1 Å². The van der Waals surface area contributed by atoms with Crippen LogP contribution < -0.4 is 0 Å². The van der Waals surface area contributed by atoms with Crippen LogP contribution in [0.5, 0.6) is 0 Å². The predicted molar refractivity (Wildman–Crippen MR) is 59.4 cm³/mol. The van der Waals surface area contributed by atoms with Crippen LogP contribution in [0, 0.1) is 0 Å². The van der Waals surface area contributed by atoms with Crippen LogP contribution in [0.3, 0.4) is 0 Å². The highest BCUT2D eigenvalue weighted by Crippen LogP contribution is 2.32. The molecule has 0 unspecified atom stereocenters. The summed E-state index contributed by atoms with van der Waals surface area (Å²) in [4.78, 5) is 23.6. The summed E-state index contributed by atoms with van der Waals surface area (Å²) in [6.07, 6.45) is -0.584. The highest BCUT2D eigenvalue weighted by atomic mass is 16.6. The van der Waals surface area contributed by atoms with Gasteiger partial charge in [0.1, 0.15) is 6.61 Å². The molecule has 90 valence electrons. The molecule has 1 aliphatic rings. The molecular weight excluding hydrogens is 222 g/mol. The second kappa shape index (κ2) is 4.08. The first kappa shape index (κ1) is 11.4. The fraction of sp³-hybridized carbons (Fsp3) is 0.333. The largest absolute Gasteiger partial charge is 0.479 e. The number of hydrogen-bond donors (Lipinski definition) is 1. The van der Waals surface area contributed by atoms with Crippen molar-refractivity contribution in [1.29, 1.82) is 0 Å². The SMILES string of the molecule is C[C@@]1(C(=O)O)CN1C(=O)OCc1ccccc1. The molecule has 1 atom stereocenters. The molecule has 0 bridgehead atoms. The standard InChI is InChI=1S/C12H13NO4/c1-12(10(14)15)8-13(12)11(16)17-7-9-5-3-2-4-6-9/h2-6H,7-8H2,1H3,(H,14,15)/t12-,13?/m0/s1. The van der Waals surface area contributed by atoms with Gasteiger partial charge in [0, 0.05) is 0 Å². The summed E-state index contributed by atoms with van der Waals surface area (Å²) >= 11 is 0. The Morgan fingerprint density at radius 2 is 2.06 bits per heavy atom. The van der Waals surface area contributed by atoms with E-state index in [1.165, 1.54) is 11.8 Å². The lowest BCUT2D eigenvalue weighted by atomic mass is 10.2. The number of carbonyl (C=O) groups is 2.